The van der Waals surface area contributed by atoms with Crippen LogP contribution in [0.1, 0.15) is 5.56 Å². The Hall–Kier alpha value is -1.000. The van der Waals surface area contributed by atoms with E-state index in [1.54, 1.807) is 0 Å². The fourth-order valence-electron chi connectivity index (χ4n) is 1.30. The molecule has 0 aromatic heterocycles. The fourth-order valence-corrected chi connectivity index (χ4v) is 1.64. The van der Waals surface area contributed by atoms with Crippen molar-refractivity contribution in [2.24, 2.45) is 0 Å². The van der Waals surface area contributed by atoms with E-state index in [1.165, 1.54) is 11.8 Å². The second-order valence-corrected chi connectivity index (χ2v) is 4.03. The standard InChI is InChI=1S/C11H16N2OS/c1-12-7-9-5-3-4-6-10(9)13-11(14)8-15-2/h3-6,12H,7-8H2,1-2H3,(H,13,14). The van der Waals surface area contributed by atoms with Crippen molar-refractivity contribution < 1.29 is 4.79 Å². The second kappa shape index (κ2) is 6.48. The van der Waals surface area contributed by atoms with Crippen LogP contribution in [0.2, 0.25) is 0 Å². The second-order valence-electron chi connectivity index (χ2n) is 3.17. The molecule has 0 unspecified atom stereocenters. The van der Waals surface area contributed by atoms with Crippen LogP contribution in [0.4, 0.5) is 5.69 Å². The molecule has 1 amide bonds. The molecule has 0 heterocycles. The van der Waals surface area contributed by atoms with Crippen LogP contribution in [0.25, 0.3) is 0 Å². The summed E-state index contributed by atoms with van der Waals surface area (Å²) in [6, 6.07) is 7.82. The van der Waals surface area contributed by atoms with Gasteiger partial charge in [-0.3, -0.25) is 4.79 Å². The highest BCUT2D eigenvalue weighted by Gasteiger charge is 2.04. The van der Waals surface area contributed by atoms with Crippen molar-refractivity contribution in [3.05, 3.63) is 29.8 Å². The normalized spacial score (nSPS) is 10.0. The minimum absolute atomic E-state index is 0.0473. The van der Waals surface area contributed by atoms with E-state index in [2.05, 4.69) is 10.6 Å². The molecule has 0 saturated carbocycles. The van der Waals surface area contributed by atoms with Gasteiger partial charge in [0.1, 0.15) is 0 Å². The lowest BCUT2D eigenvalue weighted by atomic mass is 10.2. The lowest BCUT2D eigenvalue weighted by Gasteiger charge is -2.09. The van der Waals surface area contributed by atoms with Crippen LogP contribution in [0.5, 0.6) is 0 Å². The van der Waals surface area contributed by atoms with Gasteiger partial charge in [0.25, 0.3) is 0 Å². The average Bonchev–Trinajstić information content (AvgIpc) is 2.21. The lowest BCUT2D eigenvalue weighted by molar-refractivity contribution is -0.113. The molecule has 1 rings (SSSR count). The molecule has 15 heavy (non-hydrogen) atoms. The number of amides is 1. The SMILES string of the molecule is CNCc1ccccc1NC(=O)CSC. The zero-order valence-corrected chi connectivity index (χ0v) is 9.86. The first-order valence-electron chi connectivity index (χ1n) is 4.79. The first-order chi connectivity index (χ1) is 7.27. The van der Waals surface area contributed by atoms with Gasteiger partial charge < -0.3 is 10.6 Å². The Labute approximate surface area is 94.6 Å². The molecular formula is C11H16N2OS. The number of thioether (sulfide) groups is 1. The van der Waals surface area contributed by atoms with Gasteiger partial charge in [-0.25, -0.2) is 0 Å². The minimum Gasteiger partial charge on any atom is -0.325 e. The van der Waals surface area contributed by atoms with E-state index < -0.39 is 0 Å². The van der Waals surface area contributed by atoms with Gasteiger partial charge in [-0.1, -0.05) is 18.2 Å². The van der Waals surface area contributed by atoms with E-state index in [0.717, 1.165) is 17.8 Å². The number of nitrogens with one attached hydrogen (secondary N) is 2. The third-order valence-electron chi connectivity index (χ3n) is 1.93. The quantitative estimate of drug-likeness (QED) is 0.800. The molecule has 1 aromatic rings. The van der Waals surface area contributed by atoms with Crippen molar-refractivity contribution in [1.82, 2.24) is 5.32 Å². The van der Waals surface area contributed by atoms with Crippen LogP contribution >= 0.6 is 11.8 Å². The molecule has 0 aliphatic rings. The number of carbonyl (C=O) groups excluding carboxylic acids is 1. The number of benzene rings is 1. The lowest BCUT2D eigenvalue weighted by Crippen LogP contribution is -2.16. The van der Waals surface area contributed by atoms with Crippen molar-refractivity contribution in [3.8, 4) is 0 Å². The molecule has 0 spiro atoms. The van der Waals surface area contributed by atoms with E-state index in [1.807, 2.05) is 37.6 Å². The van der Waals surface area contributed by atoms with E-state index in [9.17, 15) is 4.79 Å². The third-order valence-corrected chi connectivity index (χ3v) is 2.48. The maximum Gasteiger partial charge on any atom is 0.234 e. The van der Waals surface area contributed by atoms with Crippen LogP contribution in [0.3, 0.4) is 0 Å². The Bertz CT molecular complexity index is 328. The molecule has 1 aromatic carbocycles. The molecule has 2 N–H and O–H groups in total. The topological polar surface area (TPSA) is 41.1 Å². The maximum atomic E-state index is 11.4. The first kappa shape index (κ1) is 12.1. The molecule has 0 bridgehead atoms. The zero-order chi connectivity index (χ0) is 11.1. The summed E-state index contributed by atoms with van der Waals surface area (Å²) < 4.78 is 0. The van der Waals surface area contributed by atoms with Crippen LogP contribution in [0, 0.1) is 0 Å². The largest absolute Gasteiger partial charge is 0.325 e. The summed E-state index contributed by atoms with van der Waals surface area (Å²) in [5, 5.41) is 5.97. The minimum atomic E-state index is 0.0473. The van der Waals surface area contributed by atoms with Gasteiger partial charge in [-0.15, -0.1) is 0 Å². The molecule has 4 heteroatoms. The number of rotatable bonds is 5. The number of hydrogen-bond acceptors (Lipinski definition) is 3. The van der Waals surface area contributed by atoms with Gasteiger partial charge in [0, 0.05) is 12.2 Å². The summed E-state index contributed by atoms with van der Waals surface area (Å²) in [6.07, 6.45) is 1.92. The number of para-hydroxylation sites is 1. The maximum absolute atomic E-state index is 11.4. The zero-order valence-electron chi connectivity index (χ0n) is 9.04. The Morgan fingerprint density at radius 1 is 1.40 bits per heavy atom. The summed E-state index contributed by atoms with van der Waals surface area (Å²) in [7, 11) is 1.89. The number of carbonyl (C=O) groups is 1. The molecule has 0 fully saturated rings. The van der Waals surface area contributed by atoms with Crippen LogP contribution in [-0.2, 0) is 11.3 Å². The summed E-state index contributed by atoms with van der Waals surface area (Å²) in [6.45, 7) is 0.760. The predicted molar refractivity (Wildman–Crippen MR) is 66.2 cm³/mol. The van der Waals surface area contributed by atoms with Crippen LogP contribution in [0.15, 0.2) is 24.3 Å². The van der Waals surface area contributed by atoms with Crippen molar-refractivity contribution in [2.45, 2.75) is 6.54 Å². The molecule has 0 aliphatic heterocycles. The third kappa shape index (κ3) is 3.93. The highest BCUT2D eigenvalue weighted by Crippen LogP contribution is 2.14. The molecule has 0 atom stereocenters. The molecule has 0 radical (unpaired) electrons. The fraction of sp³-hybridized carbons (Fsp3) is 0.364. The smallest absolute Gasteiger partial charge is 0.234 e. The van der Waals surface area contributed by atoms with Crippen LogP contribution in [-0.4, -0.2) is 25.0 Å². The summed E-state index contributed by atoms with van der Waals surface area (Å²) in [4.78, 5) is 11.4. The molecule has 0 saturated heterocycles. The summed E-state index contributed by atoms with van der Waals surface area (Å²) in [5.74, 6) is 0.541. The number of anilines is 1. The van der Waals surface area contributed by atoms with E-state index in [0.29, 0.717) is 5.75 Å². The van der Waals surface area contributed by atoms with Crippen molar-refractivity contribution in [2.75, 3.05) is 24.4 Å². The van der Waals surface area contributed by atoms with Gasteiger partial charge in [0.05, 0.1) is 5.75 Å². The average molecular weight is 224 g/mol. The summed E-state index contributed by atoms with van der Waals surface area (Å²) in [5.41, 5.74) is 2.00. The monoisotopic (exact) mass is 224 g/mol. The summed E-state index contributed by atoms with van der Waals surface area (Å²) >= 11 is 1.52. The Kier molecular flexibility index (Phi) is 5.21. The van der Waals surface area contributed by atoms with Crippen LogP contribution < -0.4 is 10.6 Å². The molecule has 82 valence electrons. The highest BCUT2D eigenvalue weighted by molar-refractivity contribution is 7.99. The Balaban J connectivity index is 2.70. The van der Waals surface area contributed by atoms with Crippen molar-refractivity contribution in [1.29, 1.82) is 0 Å². The van der Waals surface area contributed by atoms with E-state index >= 15 is 0 Å². The number of hydrogen-bond donors (Lipinski definition) is 2. The molecule has 3 nitrogen and oxygen atoms in total. The van der Waals surface area contributed by atoms with Crippen molar-refractivity contribution >= 4 is 23.4 Å². The van der Waals surface area contributed by atoms with Gasteiger partial charge in [0.15, 0.2) is 0 Å². The highest BCUT2D eigenvalue weighted by atomic mass is 32.2. The van der Waals surface area contributed by atoms with Gasteiger partial charge >= 0.3 is 0 Å². The van der Waals surface area contributed by atoms with E-state index in [-0.39, 0.29) is 5.91 Å². The van der Waals surface area contributed by atoms with Gasteiger partial charge in [-0.2, -0.15) is 11.8 Å². The van der Waals surface area contributed by atoms with Crippen molar-refractivity contribution in [3.63, 3.8) is 0 Å². The van der Waals surface area contributed by atoms with E-state index in [4.69, 9.17) is 0 Å². The Morgan fingerprint density at radius 3 is 2.80 bits per heavy atom. The van der Waals surface area contributed by atoms with Gasteiger partial charge in [0.2, 0.25) is 5.91 Å². The van der Waals surface area contributed by atoms with Gasteiger partial charge in [-0.05, 0) is 24.9 Å². The predicted octanol–water partition coefficient (Wildman–Crippen LogP) is 1.71. The molecular weight excluding hydrogens is 208 g/mol. The first-order valence-corrected chi connectivity index (χ1v) is 6.18. The molecule has 0 aliphatic carbocycles. The Morgan fingerprint density at radius 2 is 2.13 bits per heavy atom.